The number of halogens is 1. The van der Waals surface area contributed by atoms with Gasteiger partial charge >= 0.3 is 11.9 Å². The van der Waals surface area contributed by atoms with Crippen LogP contribution in [0.25, 0.3) is 0 Å². The molecule has 0 aliphatic rings. The van der Waals surface area contributed by atoms with Gasteiger partial charge in [-0.2, -0.15) is 0 Å². The van der Waals surface area contributed by atoms with Gasteiger partial charge in [0.05, 0.1) is 10.8 Å². The highest BCUT2D eigenvalue weighted by atomic mass is 35.5. The lowest BCUT2D eigenvalue weighted by molar-refractivity contribution is -0.256. The van der Waals surface area contributed by atoms with Gasteiger partial charge in [-0.25, -0.2) is 19.4 Å². The minimum Gasteiger partial charge on any atom is -0.298 e. The summed E-state index contributed by atoms with van der Waals surface area (Å²) in [6.07, 6.45) is 0. The van der Waals surface area contributed by atoms with Crippen LogP contribution in [0.2, 0.25) is 5.02 Å². The number of hydrogen-bond acceptors (Lipinski definition) is 6. The number of carbonyl (C=O) groups excluding carboxylic acids is 3. The predicted octanol–water partition coefficient (Wildman–Crippen LogP) is 1.43. The van der Waals surface area contributed by atoms with Crippen molar-refractivity contribution in [2.75, 3.05) is 0 Å². The minimum atomic E-state index is -1.98. The molecule has 0 saturated carbocycles. The zero-order valence-corrected chi connectivity index (χ0v) is 12.2. The van der Waals surface area contributed by atoms with E-state index in [9.17, 15) is 18.6 Å². The van der Waals surface area contributed by atoms with Crippen LogP contribution < -0.4 is 0 Å². The van der Waals surface area contributed by atoms with Gasteiger partial charge in [-0.3, -0.25) is 9.00 Å². The Morgan fingerprint density at radius 3 is 2.10 bits per heavy atom. The quantitative estimate of drug-likeness (QED) is 0.474. The molecular weight excluding hydrogens is 308 g/mol. The van der Waals surface area contributed by atoms with Crippen molar-refractivity contribution < 1.29 is 28.4 Å². The molecule has 0 amide bonds. The lowest BCUT2D eigenvalue weighted by Gasteiger charge is -2.11. The van der Waals surface area contributed by atoms with Crippen molar-refractivity contribution in [2.24, 2.45) is 0 Å². The monoisotopic (exact) mass is 318 g/mol. The molecule has 0 saturated heterocycles. The van der Waals surface area contributed by atoms with Gasteiger partial charge in [-0.1, -0.05) is 11.6 Å². The van der Waals surface area contributed by atoms with Gasteiger partial charge in [-0.15, -0.1) is 0 Å². The standard InChI is InChI=1S/C12H11ClO6S/c1-7(14)11(12(16)19-18-8(2)15)20(17)10-5-3-9(13)4-6-10/h3-6,11H,1-2H3. The number of rotatable bonds is 4. The summed E-state index contributed by atoms with van der Waals surface area (Å²) in [4.78, 5) is 42.1. The van der Waals surface area contributed by atoms with Gasteiger partial charge in [0.15, 0.2) is 11.0 Å². The molecule has 0 aromatic heterocycles. The van der Waals surface area contributed by atoms with E-state index in [1.165, 1.54) is 24.3 Å². The van der Waals surface area contributed by atoms with Crippen LogP contribution in [0.4, 0.5) is 0 Å². The zero-order chi connectivity index (χ0) is 15.3. The van der Waals surface area contributed by atoms with Gasteiger partial charge in [-0.05, 0) is 31.2 Å². The van der Waals surface area contributed by atoms with Crippen LogP contribution in [0, 0.1) is 0 Å². The molecule has 6 nitrogen and oxygen atoms in total. The molecular formula is C12H11ClO6S. The Kier molecular flexibility index (Phi) is 5.84. The Hall–Kier alpha value is -1.73. The van der Waals surface area contributed by atoms with Crippen molar-refractivity contribution in [3.05, 3.63) is 29.3 Å². The second kappa shape index (κ2) is 7.16. The fraction of sp³-hybridized carbons (Fsp3) is 0.250. The maximum Gasteiger partial charge on any atom is 0.378 e. The third-order valence-corrected chi connectivity index (χ3v) is 4.03. The third kappa shape index (κ3) is 4.43. The molecule has 2 unspecified atom stereocenters. The van der Waals surface area contributed by atoms with E-state index in [-0.39, 0.29) is 4.90 Å². The van der Waals surface area contributed by atoms with Crippen LogP contribution >= 0.6 is 11.6 Å². The Bertz CT molecular complexity index is 554. The lowest BCUT2D eigenvalue weighted by Crippen LogP contribution is -2.35. The highest BCUT2D eigenvalue weighted by Gasteiger charge is 2.34. The van der Waals surface area contributed by atoms with E-state index in [0.717, 1.165) is 13.8 Å². The second-order valence-electron chi connectivity index (χ2n) is 3.72. The van der Waals surface area contributed by atoms with Crippen molar-refractivity contribution >= 4 is 40.1 Å². The average Bonchev–Trinajstić information content (AvgIpc) is 2.36. The summed E-state index contributed by atoms with van der Waals surface area (Å²) in [6, 6.07) is 5.80. The van der Waals surface area contributed by atoms with Gasteiger partial charge < -0.3 is 0 Å². The van der Waals surface area contributed by atoms with Crippen molar-refractivity contribution in [1.82, 2.24) is 0 Å². The predicted molar refractivity (Wildman–Crippen MR) is 70.2 cm³/mol. The van der Waals surface area contributed by atoms with Crippen LogP contribution in [0.5, 0.6) is 0 Å². The van der Waals surface area contributed by atoms with E-state index in [2.05, 4.69) is 9.78 Å². The SMILES string of the molecule is CC(=O)OOC(=O)C(C(C)=O)S(=O)c1ccc(Cl)cc1. The maximum absolute atomic E-state index is 12.2. The second-order valence-corrected chi connectivity index (χ2v) is 5.69. The maximum atomic E-state index is 12.2. The van der Waals surface area contributed by atoms with Crippen LogP contribution in [-0.2, 0) is 35.0 Å². The fourth-order valence-electron chi connectivity index (χ4n) is 1.25. The number of hydrogen-bond donors (Lipinski definition) is 0. The zero-order valence-electron chi connectivity index (χ0n) is 10.6. The molecule has 1 rings (SSSR count). The number of Topliss-reactive ketones (excluding diaryl/α,β-unsaturated/α-hetero) is 1. The van der Waals surface area contributed by atoms with Crippen molar-refractivity contribution in [2.45, 2.75) is 24.0 Å². The summed E-state index contributed by atoms with van der Waals surface area (Å²) in [7, 11) is -1.98. The molecule has 0 aliphatic heterocycles. The number of ketones is 1. The molecule has 0 N–H and O–H groups in total. The first-order valence-corrected chi connectivity index (χ1v) is 6.97. The summed E-state index contributed by atoms with van der Waals surface area (Å²) in [5.41, 5.74) is 0. The molecule has 1 aromatic carbocycles. The molecule has 2 atom stereocenters. The third-order valence-electron chi connectivity index (χ3n) is 2.08. The number of carbonyl (C=O) groups is 3. The van der Waals surface area contributed by atoms with E-state index in [1.807, 2.05) is 0 Å². The van der Waals surface area contributed by atoms with Crippen LogP contribution in [0.15, 0.2) is 29.2 Å². The van der Waals surface area contributed by atoms with E-state index < -0.39 is 33.8 Å². The van der Waals surface area contributed by atoms with Crippen LogP contribution in [-0.4, -0.2) is 27.2 Å². The first kappa shape index (κ1) is 16.3. The molecule has 0 aliphatic carbocycles. The fourth-order valence-corrected chi connectivity index (χ4v) is 2.57. The first-order valence-electron chi connectivity index (χ1n) is 5.38. The summed E-state index contributed by atoms with van der Waals surface area (Å²) in [6.45, 7) is 2.11. The minimum absolute atomic E-state index is 0.231. The van der Waals surface area contributed by atoms with E-state index in [1.54, 1.807) is 0 Å². The molecule has 0 spiro atoms. The topological polar surface area (TPSA) is 86.7 Å². The first-order chi connectivity index (χ1) is 9.32. The lowest BCUT2D eigenvalue weighted by atomic mass is 10.3. The molecule has 20 heavy (non-hydrogen) atoms. The average molecular weight is 319 g/mol. The highest BCUT2D eigenvalue weighted by molar-refractivity contribution is 7.87. The summed E-state index contributed by atoms with van der Waals surface area (Å²) < 4.78 is 12.2. The normalized spacial score (nSPS) is 13.2. The molecule has 1 aromatic rings. The number of benzene rings is 1. The molecule has 0 radical (unpaired) electrons. The Balaban J connectivity index is 2.93. The molecule has 0 fully saturated rings. The molecule has 8 heteroatoms. The Labute approximate surface area is 122 Å². The van der Waals surface area contributed by atoms with E-state index >= 15 is 0 Å². The van der Waals surface area contributed by atoms with Crippen molar-refractivity contribution in [3.8, 4) is 0 Å². The largest absolute Gasteiger partial charge is 0.378 e. The summed E-state index contributed by atoms with van der Waals surface area (Å²) >= 11 is 5.69. The van der Waals surface area contributed by atoms with E-state index in [0.29, 0.717) is 5.02 Å². The van der Waals surface area contributed by atoms with Gasteiger partial charge in [0.1, 0.15) is 0 Å². The van der Waals surface area contributed by atoms with Gasteiger partial charge in [0.2, 0.25) is 0 Å². The van der Waals surface area contributed by atoms with Crippen LogP contribution in [0.3, 0.4) is 0 Å². The van der Waals surface area contributed by atoms with Crippen molar-refractivity contribution in [3.63, 3.8) is 0 Å². The molecule has 0 bridgehead atoms. The Morgan fingerprint density at radius 2 is 1.65 bits per heavy atom. The Morgan fingerprint density at radius 1 is 1.10 bits per heavy atom. The molecule has 0 heterocycles. The van der Waals surface area contributed by atoms with Gasteiger partial charge in [0, 0.05) is 16.8 Å². The highest BCUT2D eigenvalue weighted by Crippen LogP contribution is 2.17. The smallest absolute Gasteiger partial charge is 0.298 e. The molecule has 108 valence electrons. The van der Waals surface area contributed by atoms with Crippen molar-refractivity contribution in [1.29, 1.82) is 0 Å². The van der Waals surface area contributed by atoms with E-state index in [4.69, 9.17) is 11.6 Å². The summed E-state index contributed by atoms with van der Waals surface area (Å²) in [5, 5.41) is -1.15. The van der Waals surface area contributed by atoms with Gasteiger partial charge in [0.25, 0.3) is 0 Å². The van der Waals surface area contributed by atoms with Crippen LogP contribution in [0.1, 0.15) is 13.8 Å². The summed E-state index contributed by atoms with van der Waals surface area (Å²) in [5.74, 6) is -2.73.